The number of aromatic nitrogens is 1. The molecule has 3 heterocycles. The van der Waals surface area contributed by atoms with E-state index in [1.54, 1.807) is 23.2 Å². The van der Waals surface area contributed by atoms with Gasteiger partial charge >= 0.3 is 0 Å². The number of fused-ring (bicyclic) bond motifs is 2. The lowest BCUT2D eigenvalue weighted by Gasteiger charge is -2.21. The van der Waals surface area contributed by atoms with Crippen LogP contribution in [0.15, 0.2) is 64.0 Å². The highest BCUT2D eigenvalue weighted by atomic mass is 32.2. The number of thiophene rings is 1. The Morgan fingerprint density at radius 3 is 2.89 bits per heavy atom. The first-order chi connectivity index (χ1) is 13.2. The van der Waals surface area contributed by atoms with Crippen LogP contribution in [0, 0.1) is 0 Å². The topological polar surface area (TPSA) is 62.3 Å². The standard InChI is InChI=1S/C20H17N3O2S2/c1-2-23-15-8-7-13(12-22-18(24)16-6-4-10-26-16)11-17(15)27-19-14(20(23)25)5-3-9-21-19/h3-11H,2,12H2,1H3,(H,22,24). The molecule has 0 aliphatic carbocycles. The van der Waals surface area contributed by atoms with Crippen molar-refractivity contribution >= 4 is 40.6 Å². The largest absolute Gasteiger partial charge is 0.347 e. The minimum atomic E-state index is -0.0787. The minimum Gasteiger partial charge on any atom is -0.347 e. The predicted molar refractivity (Wildman–Crippen MR) is 108 cm³/mol. The van der Waals surface area contributed by atoms with Crippen molar-refractivity contribution in [2.75, 3.05) is 11.4 Å². The van der Waals surface area contributed by atoms with E-state index in [-0.39, 0.29) is 11.8 Å². The van der Waals surface area contributed by atoms with E-state index in [0.717, 1.165) is 16.1 Å². The molecular formula is C20H17N3O2S2. The lowest BCUT2D eigenvalue weighted by Crippen LogP contribution is -2.30. The molecule has 0 radical (unpaired) electrons. The van der Waals surface area contributed by atoms with E-state index in [4.69, 9.17) is 0 Å². The van der Waals surface area contributed by atoms with Crippen LogP contribution >= 0.6 is 23.1 Å². The highest BCUT2D eigenvalue weighted by molar-refractivity contribution is 7.99. The van der Waals surface area contributed by atoms with Crippen molar-refractivity contribution < 1.29 is 9.59 Å². The van der Waals surface area contributed by atoms with Crippen molar-refractivity contribution in [2.24, 2.45) is 0 Å². The van der Waals surface area contributed by atoms with Gasteiger partial charge in [-0.2, -0.15) is 0 Å². The highest BCUT2D eigenvalue weighted by Crippen LogP contribution is 2.40. The molecule has 0 fully saturated rings. The van der Waals surface area contributed by atoms with E-state index in [9.17, 15) is 9.59 Å². The average molecular weight is 396 g/mol. The van der Waals surface area contributed by atoms with Crippen LogP contribution in [-0.4, -0.2) is 23.3 Å². The van der Waals surface area contributed by atoms with E-state index in [2.05, 4.69) is 10.3 Å². The maximum atomic E-state index is 12.9. The van der Waals surface area contributed by atoms with Crippen LogP contribution < -0.4 is 10.2 Å². The second-order valence-corrected chi connectivity index (χ2v) is 7.95. The van der Waals surface area contributed by atoms with Crippen molar-refractivity contribution in [1.29, 1.82) is 0 Å². The van der Waals surface area contributed by atoms with E-state index in [1.807, 2.05) is 42.6 Å². The summed E-state index contributed by atoms with van der Waals surface area (Å²) < 4.78 is 0. The fourth-order valence-electron chi connectivity index (χ4n) is 2.96. The summed E-state index contributed by atoms with van der Waals surface area (Å²) in [7, 11) is 0. The van der Waals surface area contributed by atoms with Gasteiger partial charge in [0.05, 0.1) is 16.1 Å². The van der Waals surface area contributed by atoms with Gasteiger partial charge in [-0.05, 0) is 48.2 Å². The number of hydrogen-bond donors (Lipinski definition) is 1. The number of benzene rings is 1. The molecule has 0 atom stereocenters. The summed E-state index contributed by atoms with van der Waals surface area (Å²) in [6, 6.07) is 13.2. The third-order valence-electron chi connectivity index (χ3n) is 4.28. The number of anilines is 1. The first-order valence-corrected chi connectivity index (χ1v) is 10.3. The van der Waals surface area contributed by atoms with Gasteiger partial charge in [-0.25, -0.2) is 4.98 Å². The number of rotatable bonds is 4. The summed E-state index contributed by atoms with van der Waals surface area (Å²) in [5.74, 6) is -0.115. The van der Waals surface area contributed by atoms with Crippen LogP contribution in [0.1, 0.15) is 32.5 Å². The molecule has 27 heavy (non-hydrogen) atoms. The fraction of sp³-hybridized carbons (Fsp3) is 0.150. The van der Waals surface area contributed by atoms with Gasteiger partial charge in [0.2, 0.25) is 0 Å². The molecular weight excluding hydrogens is 378 g/mol. The normalized spacial score (nSPS) is 12.9. The second kappa shape index (κ2) is 7.54. The molecule has 4 rings (SSSR count). The Hall–Kier alpha value is -2.64. The van der Waals surface area contributed by atoms with Crippen LogP contribution in [0.5, 0.6) is 0 Å². The maximum absolute atomic E-state index is 12.9. The number of hydrogen-bond acceptors (Lipinski definition) is 5. The molecule has 7 heteroatoms. The number of nitrogens with zero attached hydrogens (tertiary/aromatic N) is 2. The van der Waals surface area contributed by atoms with E-state index in [0.29, 0.717) is 28.6 Å². The quantitative estimate of drug-likeness (QED) is 0.719. The third-order valence-corrected chi connectivity index (χ3v) is 6.22. The molecule has 5 nitrogen and oxygen atoms in total. The average Bonchev–Trinajstić information content (AvgIpc) is 3.19. The molecule has 3 aromatic rings. The molecule has 1 aromatic carbocycles. The summed E-state index contributed by atoms with van der Waals surface area (Å²) in [5.41, 5.74) is 2.47. The first-order valence-electron chi connectivity index (χ1n) is 8.56. The molecule has 1 aliphatic heterocycles. The molecule has 2 amide bonds. The smallest absolute Gasteiger partial charge is 0.261 e. The van der Waals surface area contributed by atoms with Gasteiger partial charge in [0, 0.05) is 24.2 Å². The summed E-state index contributed by atoms with van der Waals surface area (Å²) in [5, 5.41) is 5.53. The molecule has 1 N–H and O–H groups in total. The van der Waals surface area contributed by atoms with Crippen LogP contribution in [0.3, 0.4) is 0 Å². The molecule has 0 unspecified atom stereocenters. The Morgan fingerprint density at radius 1 is 1.22 bits per heavy atom. The maximum Gasteiger partial charge on any atom is 0.261 e. The Bertz CT molecular complexity index is 1000. The lowest BCUT2D eigenvalue weighted by atomic mass is 10.1. The van der Waals surface area contributed by atoms with Crippen molar-refractivity contribution in [1.82, 2.24) is 10.3 Å². The van der Waals surface area contributed by atoms with Crippen LogP contribution in [0.4, 0.5) is 5.69 Å². The second-order valence-electron chi connectivity index (χ2n) is 5.97. The zero-order valence-corrected chi connectivity index (χ0v) is 16.3. The molecule has 2 aromatic heterocycles. The number of amides is 2. The molecule has 0 saturated heterocycles. The Balaban J connectivity index is 1.62. The highest BCUT2D eigenvalue weighted by Gasteiger charge is 2.27. The van der Waals surface area contributed by atoms with Crippen molar-refractivity contribution in [3.63, 3.8) is 0 Å². The van der Waals surface area contributed by atoms with Crippen LogP contribution in [0.2, 0.25) is 0 Å². The molecule has 0 spiro atoms. The summed E-state index contributed by atoms with van der Waals surface area (Å²) in [4.78, 5) is 32.8. The van der Waals surface area contributed by atoms with E-state index >= 15 is 0 Å². The van der Waals surface area contributed by atoms with Gasteiger partial charge in [-0.15, -0.1) is 11.3 Å². The first kappa shape index (κ1) is 17.8. The number of carbonyl (C=O) groups is 2. The molecule has 1 aliphatic rings. The molecule has 0 saturated carbocycles. The Kier molecular flexibility index (Phi) is 4.96. The monoisotopic (exact) mass is 395 g/mol. The summed E-state index contributed by atoms with van der Waals surface area (Å²) in [6.45, 7) is 2.97. The van der Waals surface area contributed by atoms with Gasteiger partial charge in [0.1, 0.15) is 5.03 Å². The number of pyridine rings is 1. The third kappa shape index (κ3) is 3.48. The van der Waals surface area contributed by atoms with Crippen LogP contribution in [0.25, 0.3) is 0 Å². The predicted octanol–water partition coefficient (Wildman–Crippen LogP) is 4.20. The summed E-state index contributed by atoms with van der Waals surface area (Å²) in [6.07, 6.45) is 1.70. The molecule has 0 bridgehead atoms. The summed E-state index contributed by atoms with van der Waals surface area (Å²) >= 11 is 2.91. The lowest BCUT2D eigenvalue weighted by molar-refractivity contribution is 0.0953. The van der Waals surface area contributed by atoms with Crippen molar-refractivity contribution in [2.45, 2.75) is 23.4 Å². The Morgan fingerprint density at radius 2 is 2.11 bits per heavy atom. The van der Waals surface area contributed by atoms with E-state index < -0.39 is 0 Å². The Labute approximate surface area is 165 Å². The van der Waals surface area contributed by atoms with Crippen molar-refractivity contribution in [3.05, 3.63) is 70.0 Å². The minimum absolute atomic E-state index is 0.0365. The zero-order valence-electron chi connectivity index (χ0n) is 14.6. The van der Waals surface area contributed by atoms with Crippen LogP contribution in [-0.2, 0) is 6.54 Å². The van der Waals surface area contributed by atoms with Gasteiger partial charge < -0.3 is 10.2 Å². The number of carbonyl (C=O) groups excluding carboxylic acids is 2. The molecule has 136 valence electrons. The van der Waals surface area contributed by atoms with Crippen molar-refractivity contribution in [3.8, 4) is 0 Å². The fourth-order valence-corrected chi connectivity index (χ4v) is 4.68. The van der Waals surface area contributed by atoms with Gasteiger partial charge in [-0.3, -0.25) is 9.59 Å². The van der Waals surface area contributed by atoms with Gasteiger partial charge in [-0.1, -0.05) is 23.9 Å². The zero-order chi connectivity index (χ0) is 18.8. The number of nitrogens with one attached hydrogen (secondary N) is 1. The van der Waals surface area contributed by atoms with Gasteiger partial charge in [0.15, 0.2) is 0 Å². The van der Waals surface area contributed by atoms with Gasteiger partial charge in [0.25, 0.3) is 11.8 Å². The van der Waals surface area contributed by atoms with E-state index in [1.165, 1.54) is 23.1 Å². The SMILES string of the molecule is CCN1C(=O)c2cccnc2Sc2cc(CNC(=O)c3cccs3)ccc21.